The minimum Gasteiger partial charge on any atom is -0.494 e. The van der Waals surface area contributed by atoms with E-state index in [1.54, 1.807) is 24.3 Å². The first kappa shape index (κ1) is 12.3. The number of nitrogen functional groups attached to an aromatic ring is 1. The zero-order chi connectivity index (χ0) is 14.1. The molecular weight excluding hydrogens is 259 g/mol. The van der Waals surface area contributed by atoms with Gasteiger partial charge in [-0.2, -0.15) is 0 Å². The third kappa shape index (κ3) is 2.23. The van der Waals surface area contributed by atoms with Gasteiger partial charge in [0.15, 0.2) is 11.6 Å². The number of halogens is 1. The van der Waals surface area contributed by atoms with E-state index in [2.05, 4.69) is 15.3 Å². The Kier molecular flexibility index (Phi) is 2.90. The number of fused-ring (bicyclic) bond motifs is 1. The molecule has 0 unspecified atom stereocenters. The average molecular weight is 272 g/mol. The van der Waals surface area contributed by atoms with Gasteiger partial charge >= 0.3 is 0 Å². The van der Waals surface area contributed by atoms with E-state index in [4.69, 9.17) is 10.5 Å². The van der Waals surface area contributed by atoms with Crippen molar-refractivity contribution in [3.63, 3.8) is 0 Å². The van der Waals surface area contributed by atoms with Gasteiger partial charge in [-0.25, -0.2) is 9.37 Å². The summed E-state index contributed by atoms with van der Waals surface area (Å²) in [5.41, 5.74) is 8.69. The maximum atomic E-state index is 13.3. The summed E-state index contributed by atoms with van der Waals surface area (Å²) >= 11 is 0. The van der Waals surface area contributed by atoms with Crippen molar-refractivity contribution in [3.05, 3.63) is 42.2 Å². The van der Waals surface area contributed by atoms with E-state index in [1.165, 1.54) is 13.2 Å². The van der Waals surface area contributed by atoms with Gasteiger partial charge in [-0.1, -0.05) is 0 Å². The van der Waals surface area contributed by atoms with Crippen molar-refractivity contribution in [1.82, 2.24) is 9.97 Å². The maximum Gasteiger partial charge on any atom is 0.205 e. The fourth-order valence-corrected chi connectivity index (χ4v) is 1.96. The lowest BCUT2D eigenvalue weighted by atomic mass is 10.3. The van der Waals surface area contributed by atoms with Crippen molar-refractivity contribution < 1.29 is 9.13 Å². The maximum absolute atomic E-state index is 13.3. The Labute approximate surface area is 114 Å². The van der Waals surface area contributed by atoms with Gasteiger partial charge in [0.25, 0.3) is 0 Å². The minimum atomic E-state index is -0.407. The molecule has 0 bridgehead atoms. The standard InChI is InChI=1S/C14H13FN4O/c1-20-13-7-9(3-4-10(13)15)17-14-18-11-5-2-8(16)6-12(11)19-14/h2-7H,16H2,1H3,(H2,17,18,19). The van der Waals surface area contributed by atoms with E-state index in [9.17, 15) is 4.39 Å². The SMILES string of the molecule is COc1cc(Nc2nc3ccc(N)cc3[nH]2)ccc1F. The molecule has 0 radical (unpaired) electrons. The number of methoxy groups -OCH3 is 1. The monoisotopic (exact) mass is 272 g/mol. The van der Waals surface area contributed by atoms with Crippen LogP contribution in [0.2, 0.25) is 0 Å². The molecule has 5 nitrogen and oxygen atoms in total. The van der Waals surface area contributed by atoms with Crippen LogP contribution in [0.5, 0.6) is 5.75 Å². The largest absolute Gasteiger partial charge is 0.494 e. The number of H-pyrrole nitrogens is 1. The number of anilines is 3. The number of aromatic amines is 1. The number of hydrogen-bond acceptors (Lipinski definition) is 4. The summed E-state index contributed by atoms with van der Waals surface area (Å²) in [5.74, 6) is 0.324. The fourth-order valence-electron chi connectivity index (χ4n) is 1.96. The lowest BCUT2D eigenvalue weighted by Gasteiger charge is -2.06. The van der Waals surface area contributed by atoms with Gasteiger partial charge in [0.1, 0.15) is 0 Å². The Morgan fingerprint density at radius 2 is 2.10 bits per heavy atom. The van der Waals surface area contributed by atoms with Gasteiger partial charge in [-0.15, -0.1) is 0 Å². The van der Waals surface area contributed by atoms with Crippen LogP contribution in [0.3, 0.4) is 0 Å². The highest BCUT2D eigenvalue weighted by molar-refractivity contribution is 5.81. The number of aromatic nitrogens is 2. The van der Waals surface area contributed by atoms with Crippen molar-refractivity contribution in [2.45, 2.75) is 0 Å². The van der Waals surface area contributed by atoms with Gasteiger partial charge in [0, 0.05) is 17.4 Å². The second-order valence-corrected chi connectivity index (χ2v) is 4.34. The quantitative estimate of drug-likeness (QED) is 0.640. The number of nitrogens with one attached hydrogen (secondary N) is 2. The van der Waals surface area contributed by atoms with Gasteiger partial charge < -0.3 is 20.8 Å². The molecule has 4 N–H and O–H groups in total. The van der Waals surface area contributed by atoms with E-state index in [0.717, 1.165) is 11.0 Å². The molecule has 0 aliphatic carbocycles. The first-order valence-electron chi connectivity index (χ1n) is 6.01. The normalized spacial score (nSPS) is 10.7. The summed E-state index contributed by atoms with van der Waals surface area (Å²) in [5, 5.41) is 3.06. The molecule has 20 heavy (non-hydrogen) atoms. The zero-order valence-electron chi connectivity index (χ0n) is 10.8. The summed E-state index contributed by atoms with van der Waals surface area (Å²) in [6.07, 6.45) is 0. The van der Waals surface area contributed by atoms with Crippen LogP contribution in [-0.2, 0) is 0 Å². The summed E-state index contributed by atoms with van der Waals surface area (Å²) in [7, 11) is 1.42. The molecule has 0 atom stereocenters. The fraction of sp³-hybridized carbons (Fsp3) is 0.0714. The molecule has 0 aliphatic heterocycles. The number of ether oxygens (including phenoxy) is 1. The van der Waals surface area contributed by atoms with E-state index in [1.807, 2.05) is 6.07 Å². The molecule has 0 saturated heterocycles. The molecule has 6 heteroatoms. The van der Waals surface area contributed by atoms with Gasteiger partial charge in [0.05, 0.1) is 18.1 Å². The number of benzene rings is 2. The smallest absolute Gasteiger partial charge is 0.205 e. The second kappa shape index (κ2) is 4.73. The van der Waals surface area contributed by atoms with Crippen LogP contribution >= 0.6 is 0 Å². The zero-order valence-corrected chi connectivity index (χ0v) is 10.8. The number of rotatable bonds is 3. The van der Waals surface area contributed by atoms with Gasteiger partial charge in [0.2, 0.25) is 5.95 Å². The summed E-state index contributed by atoms with van der Waals surface area (Å²) < 4.78 is 18.3. The number of imidazole rings is 1. The Morgan fingerprint density at radius 3 is 2.90 bits per heavy atom. The van der Waals surface area contributed by atoms with Crippen LogP contribution < -0.4 is 15.8 Å². The lowest BCUT2D eigenvalue weighted by molar-refractivity contribution is 0.387. The van der Waals surface area contributed by atoms with Crippen LogP contribution in [0.1, 0.15) is 0 Å². The molecule has 3 rings (SSSR count). The summed E-state index contributed by atoms with van der Waals surface area (Å²) in [6.45, 7) is 0. The van der Waals surface area contributed by atoms with Crippen molar-refractivity contribution in [3.8, 4) is 5.75 Å². The van der Waals surface area contributed by atoms with Crippen LogP contribution in [0.4, 0.5) is 21.7 Å². The molecule has 1 aromatic heterocycles. The van der Waals surface area contributed by atoms with Crippen molar-refractivity contribution >= 4 is 28.4 Å². The third-order valence-electron chi connectivity index (χ3n) is 2.92. The lowest BCUT2D eigenvalue weighted by Crippen LogP contribution is -1.94. The molecule has 3 aromatic rings. The van der Waals surface area contributed by atoms with Gasteiger partial charge in [-0.05, 0) is 30.3 Å². The molecule has 0 saturated carbocycles. The van der Waals surface area contributed by atoms with E-state index in [0.29, 0.717) is 17.3 Å². The molecule has 2 aromatic carbocycles. The Hall–Kier alpha value is -2.76. The van der Waals surface area contributed by atoms with Crippen LogP contribution in [0, 0.1) is 5.82 Å². The number of nitrogens with two attached hydrogens (primary N) is 1. The predicted molar refractivity (Wildman–Crippen MR) is 76.7 cm³/mol. The van der Waals surface area contributed by atoms with Crippen LogP contribution in [-0.4, -0.2) is 17.1 Å². The minimum absolute atomic E-state index is 0.176. The van der Waals surface area contributed by atoms with Gasteiger partial charge in [-0.3, -0.25) is 0 Å². The Morgan fingerprint density at radius 1 is 1.25 bits per heavy atom. The Balaban J connectivity index is 1.92. The van der Waals surface area contributed by atoms with Crippen LogP contribution in [0.25, 0.3) is 11.0 Å². The molecule has 0 fully saturated rings. The number of nitrogens with zero attached hydrogens (tertiary/aromatic N) is 1. The molecule has 1 heterocycles. The molecule has 0 spiro atoms. The molecular formula is C14H13FN4O. The topological polar surface area (TPSA) is 76.0 Å². The van der Waals surface area contributed by atoms with Crippen molar-refractivity contribution in [2.75, 3.05) is 18.2 Å². The average Bonchev–Trinajstić information content (AvgIpc) is 2.82. The third-order valence-corrected chi connectivity index (χ3v) is 2.92. The molecule has 102 valence electrons. The van der Waals surface area contributed by atoms with E-state index < -0.39 is 5.82 Å². The molecule has 0 aliphatic rings. The summed E-state index contributed by atoms with van der Waals surface area (Å²) in [6, 6.07) is 9.93. The first-order chi connectivity index (χ1) is 9.65. The first-order valence-corrected chi connectivity index (χ1v) is 6.01. The summed E-state index contributed by atoms with van der Waals surface area (Å²) in [4.78, 5) is 7.47. The van der Waals surface area contributed by atoms with Crippen molar-refractivity contribution in [2.24, 2.45) is 0 Å². The van der Waals surface area contributed by atoms with E-state index in [-0.39, 0.29) is 5.75 Å². The van der Waals surface area contributed by atoms with Crippen LogP contribution in [0.15, 0.2) is 36.4 Å². The van der Waals surface area contributed by atoms with E-state index >= 15 is 0 Å². The Bertz CT molecular complexity index is 769. The highest BCUT2D eigenvalue weighted by atomic mass is 19.1. The highest BCUT2D eigenvalue weighted by Crippen LogP contribution is 2.24. The predicted octanol–water partition coefficient (Wildman–Crippen LogP) is 3.04. The molecule has 0 amide bonds. The van der Waals surface area contributed by atoms with Crippen molar-refractivity contribution in [1.29, 1.82) is 0 Å². The second-order valence-electron chi connectivity index (χ2n) is 4.34. The highest BCUT2D eigenvalue weighted by Gasteiger charge is 2.06. The number of hydrogen-bond donors (Lipinski definition) is 3.